The van der Waals surface area contributed by atoms with Gasteiger partial charge in [0.1, 0.15) is 0 Å². The third kappa shape index (κ3) is 1.99. The van der Waals surface area contributed by atoms with Gasteiger partial charge in [0.05, 0.1) is 5.56 Å². The van der Waals surface area contributed by atoms with Gasteiger partial charge in [0.15, 0.2) is 6.29 Å². The highest BCUT2D eigenvalue weighted by Gasteiger charge is 2.07. The molecule has 0 bridgehead atoms. The summed E-state index contributed by atoms with van der Waals surface area (Å²) in [5, 5.41) is 8.56. The standard InChI is InChI=1S/C9H6O4/c10-5-8(11)6-2-1-3-7(4-6)9(12)13/h1-5H,(H,12,13). The summed E-state index contributed by atoms with van der Waals surface area (Å²) in [6.07, 6.45) is 0.154. The van der Waals surface area contributed by atoms with Gasteiger partial charge in [-0.05, 0) is 12.1 Å². The molecule has 0 aromatic heterocycles. The topological polar surface area (TPSA) is 71.4 Å². The predicted octanol–water partition coefficient (Wildman–Crippen LogP) is 0.766. The highest BCUT2D eigenvalue weighted by Crippen LogP contribution is 2.05. The van der Waals surface area contributed by atoms with Gasteiger partial charge in [-0.15, -0.1) is 0 Å². The van der Waals surface area contributed by atoms with Crippen molar-refractivity contribution < 1.29 is 19.5 Å². The van der Waals surface area contributed by atoms with Crippen LogP contribution in [0.15, 0.2) is 24.3 Å². The van der Waals surface area contributed by atoms with Crippen molar-refractivity contribution in [1.29, 1.82) is 0 Å². The lowest BCUT2D eigenvalue weighted by molar-refractivity contribution is -0.104. The molecule has 0 fully saturated rings. The zero-order valence-corrected chi connectivity index (χ0v) is 6.56. The van der Waals surface area contributed by atoms with Crippen molar-refractivity contribution >= 4 is 18.0 Å². The van der Waals surface area contributed by atoms with E-state index in [0.29, 0.717) is 0 Å². The molecule has 0 amide bonds. The van der Waals surface area contributed by atoms with E-state index in [4.69, 9.17) is 5.11 Å². The number of carbonyl (C=O) groups is 3. The Morgan fingerprint density at radius 2 is 1.85 bits per heavy atom. The molecule has 0 radical (unpaired) electrons. The molecule has 0 spiro atoms. The van der Waals surface area contributed by atoms with E-state index in [1.54, 1.807) is 0 Å². The highest BCUT2D eigenvalue weighted by atomic mass is 16.4. The Hall–Kier alpha value is -1.97. The molecule has 0 unspecified atom stereocenters. The van der Waals surface area contributed by atoms with Crippen molar-refractivity contribution in [1.82, 2.24) is 0 Å². The number of aldehydes is 1. The van der Waals surface area contributed by atoms with Crippen LogP contribution in [0.5, 0.6) is 0 Å². The molecular formula is C9H6O4. The van der Waals surface area contributed by atoms with Crippen molar-refractivity contribution in [3.63, 3.8) is 0 Å². The number of Topliss-reactive ketones (excluding diaryl/α,β-unsaturated/α-hetero) is 1. The molecule has 13 heavy (non-hydrogen) atoms. The number of carboxylic acid groups (broad SMARTS) is 1. The summed E-state index contributed by atoms with van der Waals surface area (Å²) >= 11 is 0. The molecule has 1 rings (SSSR count). The highest BCUT2D eigenvalue weighted by molar-refractivity contribution is 6.33. The average Bonchev–Trinajstić information content (AvgIpc) is 2.17. The molecule has 66 valence electrons. The lowest BCUT2D eigenvalue weighted by Gasteiger charge is -1.96. The first-order chi connectivity index (χ1) is 6.15. The van der Waals surface area contributed by atoms with E-state index >= 15 is 0 Å². The van der Waals surface area contributed by atoms with Crippen LogP contribution >= 0.6 is 0 Å². The molecule has 0 aliphatic carbocycles. The van der Waals surface area contributed by atoms with Crippen molar-refractivity contribution in [3.05, 3.63) is 35.4 Å². The van der Waals surface area contributed by atoms with E-state index in [0.717, 1.165) is 0 Å². The fourth-order valence-electron chi connectivity index (χ4n) is 0.874. The smallest absolute Gasteiger partial charge is 0.335 e. The molecule has 1 aromatic rings. The van der Waals surface area contributed by atoms with E-state index in [1.165, 1.54) is 24.3 Å². The molecule has 0 aliphatic heterocycles. The maximum atomic E-state index is 10.8. The van der Waals surface area contributed by atoms with Gasteiger partial charge in [-0.1, -0.05) is 12.1 Å². The first-order valence-electron chi connectivity index (χ1n) is 3.48. The monoisotopic (exact) mass is 178 g/mol. The van der Waals surface area contributed by atoms with Gasteiger partial charge in [0, 0.05) is 5.56 Å². The van der Waals surface area contributed by atoms with Gasteiger partial charge in [0.25, 0.3) is 0 Å². The van der Waals surface area contributed by atoms with Crippen molar-refractivity contribution in [2.75, 3.05) is 0 Å². The molecular weight excluding hydrogens is 172 g/mol. The Kier molecular flexibility index (Phi) is 2.54. The van der Waals surface area contributed by atoms with Gasteiger partial charge in [-0.3, -0.25) is 9.59 Å². The van der Waals surface area contributed by atoms with Crippen LogP contribution in [0, 0.1) is 0 Å². The number of aromatic carboxylic acids is 1. The van der Waals surface area contributed by atoms with Crippen LogP contribution in [0.3, 0.4) is 0 Å². The molecule has 1 N–H and O–H groups in total. The molecule has 0 saturated carbocycles. The lowest BCUT2D eigenvalue weighted by atomic mass is 10.1. The van der Waals surface area contributed by atoms with Crippen LogP contribution in [0.2, 0.25) is 0 Å². The molecule has 4 nitrogen and oxygen atoms in total. The van der Waals surface area contributed by atoms with Crippen LogP contribution < -0.4 is 0 Å². The Labute approximate surface area is 73.8 Å². The third-order valence-corrected chi connectivity index (χ3v) is 1.50. The fourth-order valence-corrected chi connectivity index (χ4v) is 0.874. The molecule has 1 aromatic carbocycles. The number of carbonyl (C=O) groups excluding carboxylic acids is 2. The lowest BCUT2D eigenvalue weighted by Crippen LogP contribution is -2.03. The average molecular weight is 178 g/mol. The first-order valence-corrected chi connectivity index (χ1v) is 3.48. The van der Waals surface area contributed by atoms with Crippen molar-refractivity contribution in [3.8, 4) is 0 Å². The SMILES string of the molecule is O=CC(=O)c1cccc(C(=O)O)c1. The summed E-state index contributed by atoms with van der Waals surface area (Å²) < 4.78 is 0. The number of hydrogen-bond acceptors (Lipinski definition) is 3. The Balaban J connectivity index is 3.12. The van der Waals surface area contributed by atoms with Crippen LogP contribution in [0.25, 0.3) is 0 Å². The van der Waals surface area contributed by atoms with Crippen molar-refractivity contribution in [2.45, 2.75) is 0 Å². The minimum atomic E-state index is -1.12. The second-order valence-electron chi connectivity index (χ2n) is 2.37. The van der Waals surface area contributed by atoms with Gasteiger partial charge in [0.2, 0.25) is 5.78 Å². The predicted molar refractivity (Wildman–Crippen MR) is 43.8 cm³/mol. The first kappa shape index (κ1) is 9.12. The van der Waals surface area contributed by atoms with Gasteiger partial charge in [-0.25, -0.2) is 4.79 Å². The molecule has 0 saturated heterocycles. The summed E-state index contributed by atoms with van der Waals surface area (Å²) in [6, 6.07) is 5.33. The van der Waals surface area contributed by atoms with Crippen LogP contribution in [0.4, 0.5) is 0 Å². The second kappa shape index (κ2) is 3.62. The van der Waals surface area contributed by atoms with Crippen LogP contribution in [-0.2, 0) is 4.79 Å². The van der Waals surface area contributed by atoms with E-state index in [2.05, 4.69) is 0 Å². The number of carboxylic acids is 1. The Morgan fingerprint density at radius 1 is 1.23 bits per heavy atom. The molecule has 0 heterocycles. The maximum Gasteiger partial charge on any atom is 0.335 e. The summed E-state index contributed by atoms with van der Waals surface area (Å²) in [4.78, 5) is 31.4. The molecule has 4 heteroatoms. The minimum Gasteiger partial charge on any atom is -0.478 e. The zero-order valence-electron chi connectivity index (χ0n) is 6.56. The normalized spacial score (nSPS) is 9.23. The minimum absolute atomic E-state index is 0.00676. The summed E-state index contributed by atoms with van der Waals surface area (Å²) in [6.45, 7) is 0. The Bertz CT molecular complexity index is 368. The number of ketones is 1. The quantitative estimate of drug-likeness (QED) is 0.421. The maximum absolute atomic E-state index is 10.8. The summed E-state index contributed by atoms with van der Waals surface area (Å²) in [5.74, 6) is -1.84. The second-order valence-corrected chi connectivity index (χ2v) is 2.37. The van der Waals surface area contributed by atoms with Gasteiger partial charge in [-0.2, -0.15) is 0 Å². The van der Waals surface area contributed by atoms with E-state index in [-0.39, 0.29) is 17.4 Å². The summed E-state index contributed by atoms with van der Waals surface area (Å²) in [7, 11) is 0. The summed E-state index contributed by atoms with van der Waals surface area (Å²) in [5.41, 5.74) is 0.0857. The van der Waals surface area contributed by atoms with E-state index in [9.17, 15) is 14.4 Å². The van der Waals surface area contributed by atoms with Crippen LogP contribution in [0.1, 0.15) is 20.7 Å². The fraction of sp³-hybridized carbons (Fsp3) is 0. The van der Waals surface area contributed by atoms with Gasteiger partial charge < -0.3 is 5.11 Å². The van der Waals surface area contributed by atoms with Crippen LogP contribution in [-0.4, -0.2) is 23.1 Å². The van der Waals surface area contributed by atoms with Gasteiger partial charge >= 0.3 is 5.97 Å². The molecule has 0 aliphatic rings. The van der Waals surface area contributed by atoms with E-state index in [1.807, 2.05) is 0 Å². The number of rotatable bonds is 3. The van der Waals surface area contributed by atoms with E-state index < -0.39 is 11.8 Å². The third-order valence-electron chi connectivity index (χ3n) is 1.50. The number of hydrogen-bond donors (Lipinski definition) is 1. The largest absolute Gasteiger partial charge is 0.478 e. The van der Waals surface area contributed by atoms with Crippen molar-refractivity contribution in [2.24, 2.45) is 0 Å². The molecule has 0 atom stereocenters. The zero-order chi connectivity index (χ0) is 9.84. The Morgan fingerprint density at radius 3 is 2.38 bits per heavy atom. The number of benzene rings is 1.